The maximum Gasteiger partial charge on any atom is 0.335 e. The second kappa shape index (κ2) is 11.2. The van der Waals surface area contributed by atoms with Gasteiger partial charge in [-0.2, -0.15) is 0 Å². The van der Waals surface area contributed by atoms with Gasteiger partial charge in [0.25, 0.3) is 0 Å². The van der Waals surface area contributed by atoms with Crippen molar-refractivity contribution in [2.45, 2.75) is 65.6 Å². The van der Waals surface area contributed by atoms with Crippen LogP contribution in [0.3, 0.4) is 0 Å². The zero-order valence-corrected chi connectivity index (χ0v) is 21.0. The molecule has 0 amide bonds. The molecule has 0 aliphatic heterocycles. The second-order valence-electron chi connectivity index (χ2n) is 9.05. The second-order valence-corrected chi connectivity index (χ2v) is 9.05. The molecule has 0 atom stereocenters. The minimum atomic E-state index is -0.634. The van der Waals surface area contributed by atoms with Crippen molar-refractivity contribution in [1.82, 2.24) is 14.1 Å². The van der Waals surface area contributed by atoms with Gasteiger partial charge < -0.3 is 9.47 Å². The van der Waals surface area contributed by atoms with Crippen molar-refractivity contribution in [3.05, 3.63) is 85.7 Å². The Bertz CT molecular complexity index is 1410. The van der Waals surface area contributed by atoms with Gasteiger partial charge >= 0.3 is 17.3 Å². The van der Waals surface area contributed by atoms with Crippen LogP contribution in [0.25, 0.3) is 0 Å². The van der Waals surface area contributed by atoms with Gasteiger partial charge in [0.05, 0.1) is 31.4 Å². The fourth-order valence-corrected chi connectivity index (χ4v) is 3.92. The van der Waals surface area contributed by atoms with Crippen LogP contribution < -0.4 is 21.7 Å². The van der Waals surface area contributed by atoms with Crippen LogP contribution in [0, 0.1) is 13.8 Å². The van der Waals surface area contributed by atoms with E-state index in [0.29, 0.717) is 5.69 Å². The molecule has 1 aliphatic carbocycles. The maximum absolute atomic E-state index is 13.4. The lowest BCUT2D eigenvalue weighted by molar-refractivity contribution is -0.143. The van der Waals surface area contributed by atoms with Crippen LogP contribution in [0.4, 0.5) is 5.69 Å². The van der Waals surface area contributed by atoms with Crippen LogP contribution in [0.1, 0.15) is 49.3 Å². The van der Waals surface area contributed by atoms with Gasteiger partial charge in [-0.15, -0.1) is 0 Å². The first-order chi connectivity index (χ1) is 17.3. The Morgan fingerprint density at radius 2 is 1.83 bits per heavy atom. The minimum Gasteiger partial charge on any atom is -0.490 e. The Morgan fingerprint density at radius 3 is 2.47 bits per heavy atom. The molecule has 190 valence electrons. The highest BCUT2D eigenvalue weighted by Gasteiger charge is 2.20. The Labute approximate surface area is 209 Å². The third-order valence-corrected chi connectivity index (χ3v) is 6.23. The largest absolute Gasteiger partial charge is 0.490 e. The highest BCUT2D eigenvalue weighted by Crippen LogP contribution is 2.29. The van der Waals surface area contributed by atoms with E-state index in [1.54, 1.807) is 6.92 Å². The van der Waals surface area contributed by atoms with E-state index in [9.17, 15) is 14.4 Å². The van der Waals surface area contributed by atoms with Gasteiger partial charge in [0.15, 0.2) is 0 Å². The fraction of sp³-hybridized carbons (Fsp3) is 0.407. The minimum absolute atomic E-state index is 0.0838. The number of esters is 1. The van der Waals surface area contributed by atoms with Crippen molar-refractivity contribution in [1.29, 1.82) is 0 Å². The summed E-state index contributed by atoms with van der Waals surface area (Å²) >= 11 is 0. The van der Waals surface area contributed by atoms with Gasteiger partial charge in [-0.3, -0.25) is 14.3 Å². The number of aryl methyl sites for hydroxylation is 2. The van der Waals surface area contributed by atoms with Crippen molar-refractivity contribution in [3.63, 3.8) is 0 Å². The van der Waals surface area contributed by atoms with Crippen LogP contribution in [0.2, 0.25) is 0 Å². The first-order valence-electron chi connectivity index (χ1n) is 12.3. The molecule has 2 aromatic carbocycles. The molecule has 1 aromatic heterocycles. The molecular formula is C27H32N4O5. The molecular weight excluding hydrogens is 460 g/mol. The molecule has 0 radical (unpaired) electrons. The maximum atomic E-state index is 13.4. The molecule has 3 aromatic rings. The van der Waals surface area contributed by atoms with Crippen LogP contribution in [-0.4, -0.2) is 32.8 Å². The highest BCUT2D eigenvalue weighted by atomic mass is 16.5. The lowest BCUT2D eigenvalue weighted by Gasteiger charge is -2.27. The van der Waals surface area contributed by atoms with Crippen molar-refractivity contribution in [2.24, 2.45) is 4.99 Å². The van der Waals surface area contributed by atoms with Gasteiger partial charge in [0, 0.05) is 6.54 Å². The van der Waals surface area contributed by atoms with E-state index >= 15 is 0 Å². The third-order valence-electron chi connectivity index (χ3n) is 6.23. The molecule has 1 aliphatic rings. The number of hydrogen-bond donors (Lipinski definition) is 1. The molecule has 1 fully saturated rings. The summed E-state index contributed by atoms with van der Waals surface area (Å²) in [6.45, 7) is 5.99. The third kappa shape index (κ3) is 6.02. The summed E-state index contributed by atoms with van der Waals surface area (Å²) in [5, 5.41) is 0. The average Bonchev–Trinajstić information content (AvgIpc) is 2.81. The van der Waals surface area contributed by atoms with Crippen LogP contribution >= 0.6 is 0 Å². The number of nitrogens with zero attached hydrogens (tertiary/aromatic N) is 3. The van der Waals surface area contributed by atoms with Crippen molar-refractivity contribution in [3.8, 4) is 5.75 Å². The van der Waals surface area contributed by atoms with E-state index < -0.39 is 17.3 Å². The summed E-state index contributed by atoms with van der Waals surface area (Å²) in [6.07, 6.45) is 3.51. The van der Waals surface area contributed by atoms with Crippen molar-refractivity contribution in [2.75, 3.05) is 6.61 Å². The first-order valence-corrected chi connectivity index (χ1v) is 12.3. The number of aromatic nitrogens is 3. The summed E-state index contributed by atoms with van der Waals surface area (Å²) in [6, 6.07) is 13.3. The zero-order chi connectivity index (χ0) is 25.7. The summed E-state index contributed by atoms with van der Waals surface area (Å²) in [5.41, 5.74) is 2.44. The Morgan fingerprint density at radius 1 is 1.08 bits per heavy atom. The van der Waals surface area contributed by atoms with E-state index in [2.05, 4.69) is 9.98 Å². The number of nitrogens with one attached hydrogen (secondary N) is 1. The molecule has 36 heavy (non-hydrogen) atoms. The number of hydrogen-bond acceptors (Lipinski definition) is 6. The topological polar surface area (TPSA) is 108 Å². The van der Waals surface area contributed by atoms with Gasteiger partial charge in [0.2, 0.25) is 5.62 Å². The van der Waals surface area contributed by atoms with Crippen LogP contribution in [-0.2, 0) is 22.6 Å². The summed E-state index contributed by atoms with van der Waals surface area (Å²) < 4.78 is 13.4. The molecule has 0 unspecified atom stereocenters. The smallest absolute Gasteiger partial charge is 0.335 e. The monoisotopic (exact) mass is 492 g/mol. The van der Waals surface area contributed by atoms with Gasteiger partial charge in [-0.25, -0.2) is 19.1 Å². The standard InChI is InChI=1S/C27H32N4O5/c1-4-35-24(32)14-15-30-26(33)29-25(31(27(30)34)17-20-10-8-18(2)9-11-20)28-21-12-13-23(19(3)16-21)36-22-6-5-7-22/h8-13,16,22H,4-7,14-15,17H2,1-3H3,(H,28,29,33). The Hall–Kier alpha value is -3.88. The Kier molecular flexibility index (Phi) is 7.87. The van der Waals surface area contributed by atoms with E-state index in [1.165, 1.54) is 11.0 Å². The number of rotatable bonds is 9. The lowest BCUT2D eigenvalue weighted by Crippen LogP contribution is -2.50. The molecule has 1 heterocycles. The van der Waals surface area contributed by atoms with E-state index in [0.717, 1.165) is 39.8 Å². The lowest BCUT2D eigenvalue weighted by atomic mass is 9.96. The summed E-state index contributed by atoms with van der Waals surface area (Å²) in [7, 11) is 0. The molecule has 0 spiro atoms. The summed E-state index contributed by atoms with van der Waals surface area (Å²) in [4.78, 5) is 45.4. The molecule has 4 rings (SSSR count). The molecule has 9 nitrogen and oxygen atoms in total. The molecule has 1 N–H and O–H groups in total. The number of benzene rings is 2. The normalized spacial score (nSPS) is 13.9. The number of H-pyrrole nitrogens is 1. The fourth-order valence-electron chi connectivity index (χ4n) is 3.92. The van der Waals surface area contributed by atoms with Gasteiger partial charge in [-0.05, 0) is 69.4 Å². The van der Waals surface area contributed by atoms with Crippen LogP contribution in [0.5, 0.6) is 5.75 Å². The first kappa shape index (κ1) is 25.2. The SMILES string of the molecule is CCOC(=O)CCn1c(=O)[nH]/c(=N\c2ccc(OC3CCC3)c(C)c2)n(Cc2ccc(C)cc2)c1=O. The number of carbonyl (C=O) groups is 1. The van der Waals surface area contributed by atoms with E-state index in [1.807, 2.05) is 56.3 Å². The zero-order valence-electron chi connectivity index (χ0n) is 21.0. The summed E-state index contributed by atoms with van der Waals surface area (Å²) in [5.74, 6) is 0.344. The number of carbonyl (C=O) groups excluding carboxylic acids is 1. The number of ether oxygens (including phenoxy) is 2. The molecule has 9 heteroatoms. The molecule has 1 saturated carbocycles. The van der Waals surface area contributed by atoms with Gasteiger partial charge in [-0.1, -0.05) is 29.8 Å². The predicted octanol–water partition coefficient (Wildman–Crippen LogP) is 3.12. The average molecular weight is 493 g/mol. The quantitative estimate of drug-likeness (QED) is 0.462. The van der Waals surface area contributed by atoms with E-state index in [-0.39, 0.29) is 37.8 Å². The predicted molar refractivity (Wildman–Crippen MR) is 136 cm³/mol. The van der Waals surface area contributed by atoms with Gasteiger partial charge in [0.1, 0.15) is 5.75 Å². The van der Waals surface area contributed by atoms with Crippen molar-refractivity contribution < 1.29 is 14.3 Å². The Balaban J connectivity index is 1.73. The van der Waals surface area contributed by atoms with E-state index in [4.69, 9.17) is 9.47 Å². The van der Waals surface area contributed by atoms with Crippen molar-refractivity contribution >= 4 is 11.7 Å². The molecule has 0 bridgehead atoms. The number of aromatic amines is 1. The molecule has 0 saturated heterocycles. The van der Waals surface area contributed by atoms with Crippen LogP contribution in [0.15, 0.2) is 57.0 Å². The highest BCUT2D eigenvalue weighted by molar-refractivity contribution is 5.69.